The second-order valence-electron chi connectivity index (χ2n) is 5.57. The molecule has 1 N–H and O–H groups in total. The van der Waals surface area contributed by atoms with Crippen molar-refractivity contribution in [1.82, 2.24) is 25.5 Å². The van der Waals surface area contributed by atoms with Gasteiger partial charge in [-0.15, -0.1) is 21.5 Å². The van der Waals surface area contributed by atoms with Gasteiger partial charge in [0.05, 0.1) is 11.6 Å². The van der Waals surface area contributed by atoms with E-state index in [1.807, 2.05) is 61.4 Å². The molecule has 124 valence electrons. The zero-order chi connectivity index (χ0) is 17.1. The minimum Gasteiger partial charge on any atom is -0.332 e. The summed E-state index contributed by atoms with van der Waals surface area (Å²) in [6.45, 7) is 6.71. The Morgan fingerprint density at radius 1 is 1.33 bits per heavy atom. The van der Waals surface area contributed by atoms with Gasteiger partial charge in [0.2, 0.25) is 5.82 Å². The van der Waals surface area contributed by atoms with Crippen LogP contribution in [0.15, 0.2) is 35.7 Å². The smallest absolute Gasteiger partial charge is 0.255 e. The zero-order valence-electron chi connectivity index (χ0n) is 13.9. The van der Waals surface area contributed by atoms with Gasteiger partial charge >= 0.3 is 0 Å². The normalized spacial score (nSPS) is 12.1. The second-order valence-corrected chi connectivity index (χ2v) is 6.69. The SMILES string of the molecule is CCN(C(=O)c1csc(C)c1)C(C)c1ccc(-c2nn[nH]n2)cc1. The molecule has 1 unspecified atom stereocenters. The van der Waals surface area contributed by atoms with Crippen LogP contribution in [0.2, 0.25) is 0 Å². The average molecular weight is 341 g/mol. The van der Waals surface area contributed by atoms with Gasteiger partial charge in [0.15, 0.2) is 0 Å². The Kier molecular flexibility index (Phi) is 4.71. The maximum Gasteiger partial charge on any atom is 0.255 e. The number of nitrogens with zero attached hydrogens (tertiary/aromatic N) is 4. The lowest BCUT2D eigenvalue weighted by molar-refractivity contribution is 0.0703. The van der Waals surface area contributed by atoms with Crippen molar-refractivity contribution in [2.75, 3.05) is 6.54 Å². The Balaban J connectivity index is 1.81. The van der Waals surface area contributed by atoms with Crippen LogP contribution in [0.25, 0.3) is 11.4 Å². The number of hydrogen-bond donors (Lipinski definition) is 1. The number of carbonyl (C=O) groups excluding carboxylic acids is 1. The van der Waals surface area contributed by atoms with Crippen LogP contribution < -0.4 is 0 Å². The van der Waals surface area contributed by atoms with Crippen LogP contribution >= 0.6 is 11.3 Å². The molecule has 0 saturated heterocycles. The molecule has 1 atom stereocenters. The zero-order valence-corrected chi connectivity index (χ0v) is 14.7. The minimum atomic E-state index is -0.0120. The van der Waals surface area contributed by atoms with Crippen molar-refractivity contribution in [1.29, 1.82) is 0 Å². The topological polar surface area (TPSA) is 74.8 Å². The van der Waals surface area contributed by atoms with Gasteiger partial charge in [-0.3, -0.25) is 4.79 Å². The third kappa shape index (κ3) is 3.21. The van der Waals surface area contributed by atoms with Crippen LogP contribution in [0, 0.1) is 6.92 Å². The molecule has 2 heterocycles. The van der Waals surface area contributed by atoms with Crippen molar-refractivity contribution in [3.8, 4) is 11.4 Å². The molecule has 0 radical (unpaired) electrons. The summed E-state index contributed by atoms with van der Waals surface area (Å²) in [4.78, 5) is 15.8. The van der Waals surface area contributed by atoms with Crippen molar-refractivity contribution in [2.45, 2.75) is 26.8 Å². The lowest BCUT2D eigenvalue weighted by Crippen LogP contribution is -2.33. The first kappa shape index (κ1) is 16.3. The minimum absolute atomic E-state index is 0.0120. The number of rotatable bonds is 5. The average Bonchev–Trinajstić information content (AvgIpc) is 3.27. The number of H-pyrrole nitrogens is 1. The van der Waals surface area contributed by atoms with Crippen LogP contribution in [0.3, 0.4) is 0 Å². The van der Waals surface area contributed by atoms with E-state index < -0.39 is 0 Å². The van der Waals surface area contributed by atoms with E-state index in [0.29, 0.717) is 12.4 Å². The number of aromatic nitrogens is 4. The molecule has 3 rings (SSSR count). The number of carbonyl (C=O) groups is 1. The van der Waals surface area contributed by atoms with Gasteiger partial charge in [0.1, 0.15) is 0 Å². The fourth-order valence-corrected chi connectivity index (χ4v) is 3.37. The highest BCUT2D eigenvalue weighted by molar-refractivity contribution is 7.10. The van der Waals surface area contributed by atoms with Crippen LogP contribution in [-0.4, -0.2) is 38.0 Å². The Morgan fingerprint density at radius 3 is 2.62 bits per heavy atom. The summed E-state index contributed by atoms with van der Waals surface area (Å²) in [7, 11) is 0. The first-order chi connectivity index (χ1) is 11.6. The second kappa shape index (κ2) is 6.92. The van der Waals surface area contributed by atoms with E-state index >= 15 is 0 Å². The van der Waals surface area contributed by atoms with Crippen molar-refractivity contribution in [3.63, 3.8) is 0 Å². The fraction of sp³-hybridized carbons (Fsp3) is 0.294. The molecular formula is C17H19N5OS. The van der Waals surface area contributed by atoms with Crippen LogP contribution in [0.4, 0.5) is 0 Å². The molecular weight excluding hydrogens is 322 g/mol. The number of aryl methyl sites for hydroxylation is 1. The largest absolute Gasteiger partial charge is 0.332 e. The molecule has 6 nitrogen and oxygen atoms in total. The molecule has 1 amide bonds. The lowest BCUT2D eigenvalue weighted by atomic mass is 10.0. The Labute approximate surface area is 144 Å². The summed E-state index contributed by atoms with van der Waals surface area (Å²) in [5, 5.41) is 15.9. The van der Waals surface area contributed by atoms with Gasteiger partial charge < -0.3 is 4.90 Å². The van der Waals surface area contributed by atoms with Crippen LogP contribution in [-0.2, 0) is 0 Å². The number of amides is 1. The van der Waals surface area contributed by atoms with Gasteiger partial charge in [-0.25, -0.2) is 0 Å². The monoisotopic (exact) mass is 341 g/mol. The molecule has 0 aliphatic carbocycles. The first-order valence-corrected chi connectivity index (χ1v) is 8.68. The molecule has 2 aromatic heterocycles. The summed E-state index contributed by atoms with van der Waals surface area (Å²) >= 11 is 1.60. The molecule has 1 aromatic carbocycles. The number of aromatic amines is 1. The number of thiophene rings is 1. The standard InChI is InChI=1S/C17H19N5OS/c1-4-22(17(23)15-9-11(2)24-10-15)12(3)13-5-7-14(8-6-13)16-18-20-21-19-16/h5-10,12H,4H2,1-3H3,(H,18,19,20,21). The summed E-state index contributed by atoms with van der Waals surface area (Å²) < 4.78 is 0. The van der Waals surface area contributed by atoms with Gasteiger partial charge in [-0.2, -0.15) is 5.21 Å². The Morgan fingerprint density at radius 2 is 2.08 bits per heavy atom. The number of nitrogens with one attached hydrogen (secondary N) is 1. The van der Waals surface area contributed by atoms with E-state index in [1.54, 1.807) is 11.3 Å². The summed E-state index contributed by atoms with van der Waals surface area (Å²) in [6.07, 6.45) is 0. The van der Waals surface area contributed by atoms with Crippen molar-refractivity contribution < 1.29 is 4.79 Å². The summed E-state index contributed by atoms with van der Waals surface area (Å²) in [6, 6.07) is 9.84. The van der Waals surface area contributed by atoms with Crippen LogP contribution in [0.5, 0.6) is 0 Å². The van der Waals surface area contributed by atoms with E-state index in [4.69, 9.17) is 0 Å². The van der Waals surface area contributed by atoms with E-state index in [0.717, 1.165) is 21.6 Å². The van der Waals surface area contributed by atoms with Gasteiger partial charge in [-0.1, -0.05) is 24.3 Å². The van der Waals surface area contributed by atoms with Gasteiger partial charge in [0, 0.05) is 22.4 Å². The lowest BCUT2D eigenvalue weighted by Gasteiger charge is -2.28. The fourth-order valence-electron chi connectivity index (χ4n) is 2.69. The van der Waals surface area contributed by atoms with E-state index in [2.05, 4.69) is 20.6 Å². The first-order valence-electron chi connectivity index (χ1n) is 7.80. The third-order valence-corrected chi connectivity index (χ3v) is 4.90. The molecule has 0 aliphatic rings. The molecule has 24 heavy (non-hydrogen) atoms. The Bertz CT molecular complexity index is 810. The van der Waals surface area contributed by atoms with E-state index in [9.17, 15) is 4.79 Å². The number of hydrogen-bond acceptors (Lipinski definition) is 5. The predicted molar refractivity (Wildman–Crippen MR) is 93.8 cm³/mol. The molecule has 0 aliphatic heterocycles. The van der Waals surface area contributed by atoms with E-state index in [1.165, 1.54) is 0 Å². The van der Waals surface area contributed by atoms with E-state index in [-0.39, 0.29) is 11.9 Å². The quantitative estimate of drug-likeness (QED) is 0.771. The molecule has 3 aromatic rings. The highest BCUT2D eigenvalue weighted by Crippen LogP contribution is 2.25. The van der Waals surface area contributed by atoms with Crippen molar-refractivity contribution >= 4 is 17.2 Å². The molecule has 0 spiro atoms. The molecule has 0 saturated carbocycles. The highest BCUT2D eigenvalue weighted by atomic mass is 32.1. The molecule has 7 heteroatoms. The molecule has 0 fully saturated rings. The van der Waals surface area contributed by atoms with Crippen molar-refractivity contribution in [3.05, 3.63) is 51.7 Å². The highest BCUT2D eigenvalue weighted by Gasteiger charge is 2.22. The van der Waals surface area contributed by atoms with Gasteiger partial charge in [0.25, 0.3) is 5.91 Å². The number of benzene rings is 1. The number of tetrazole rings is 1. The predicted octanol–water partition coefficient (Wildman–Crippen LogP) is 3.46. The third-order valence-electron chi connectivity index (χ3n) is 4.04. The Hall–Kier alpha value is -2.54. The van der Waals surface area contributed by atoms with Crippen molar-refractivity contribution in [2.24, 2.45) is 0 Å². The summed E-state index contributed by atoms with van der Waals surface area (Å²) in [5.41, 5.74) is 2.72. The molecule has 0 bridgehead atoms. The maximum atomic E-state index is 12.8. The van der Waals surface area contributed by atoms with Crippen LogP contribution in [0.1, 0.15) is 40.7 Å². The maximum absolute atomic E-state index is 12.8. The van der Waals surface area contributed by atoms with Gasteiger partial charge in [-0.05, 0) is 37.6 Å². The summed E-state index contributed by atoms with van der Waals surface area (Å²) in [5.74, 6) is 0.628.